The van der Waals surface area contributed by atoms with E-state index in [1.54, 1.807) is 4.98 Å². The van der Waals surface area contributed by atoms with E-state index in [-0.39, 0.29) is 0 Å². The van der Waals surface area contributed by atoms with E-state index >= 15 is 0 Å². The summed E-state index contributed by atoms with van der Waals surface area (Å²) >= 11 is 5.17. The highest BCUT2D eigenvalue weighted by Crippen LogP contribution is 2.38. The molecule has 0 fully saturated rings. The maximum absolute atomic E-state index is 12.6. The van der Waals surface area contributed by atoms with Gasteiger partial charge in [0.1, 0.15) is 5.56 Å². The fraction of sp³-hybridized carbons (Fsp3) is 0.375. The van der Waals surface area contributed by atoms with Crippen molar-refractivity contribution in [3.63, 3.8) is 0 Å². The molecule has 0 atom stereocenters. The standard InChI is InChI=1S/C8H4ClF6NO2/c9-1-3-2-16-6(17)5(18-8(13,14)15)4(3)7(10,11)12/h2H,1H2,(H,16,17). The summed E-state index contributed by atoms with van der Waals surface area (Å²) in [5, 5.41) is 0. The second-order valence-electron chi connectivity index (χ2n) is 3.03. The maximum Gasteiger partial charge on any atom is 0.573 e. The number of aromatic amines is 1. The van der Waals surface area contributed by atoms with Gasteiger partial charge in [-0.2, -0.15) is 13.2 Å². The van der Waals surface area contributed by atoms with Gasteiger partial charge < -0.3 is 9.72 Å². The Balaban J connectivity index is 3.52. The lowest BCUT2D eigenvalue weighted by Crippen LogP contribution is -2.27. The Morgan fingerprint density at radius 2 is 1.78 bits per heavy atom. The van der Waals surface area contributed by atoms with Gasteiger partial charge in [0.05, 0.1) is 0 Å². The van der Waals surface area contributed by atoms with E-state index in [9.17, 15) is 31.1 Å². The Bertz CT molecular complexity index is 492. The molecule has 1 heterocycles. The first-order valence-corrected chi connectivity index (χ1v) is 4.73. The van der Waals surface area contributed by atoms with E-state index in [4.69, 9.17) is 11.6 Å². The lowest BCUT2D eigenvalue weighted by molar-refractivity contribution is -0.276. The topological polar surface area (TPSA) is 42.1 Å². The minimum atomic E-state index is -5.42. The number of hydrogen-bond acceptors (Lipinski definition) is 2. The number of halogens is 7. The van der Waals surface area contributed by atoms with Gasteiger partial charge in [-0.05, 0) is 5.56 Å². The summed E-state index contributed by atoms with van der Waals surface area (Å²) in [6.07, 6.45) is -10.0. The van der Waals surface area contributed by atoms with Gasteiger partial charge in [0.25, 0.3) is 5.56 Å². The van der Waals surface area contributed by atoms with Gasteiger partial charge in [-0.1, -0.05) is 0 Å². The summed E-state index contributed by atoms with van der Waals surface area (Å²) in [5.74, 6) is -2.60. The van der Waals surface area contributed by atoms with E-state index < -0.39 is 40.9 Å². The van der Waals surface area contributed by atoms with Crippen molar-refractivity contribution in [3.05, 3.63) is 27.7 Å². The molecule has 1 N–H and O–H groups in total. The summed E-state index contributed by atoms with van der Waals surface area (Å²) in [6.45, 7) is 0. The van der Waals surface area contributed by atoms with Crippen LogP contribution in [0.5, 0.6) is 5.75 Å². The van der Waals surface area contributed by atoms with E-state index in [1.165, 1.54) is 0 Å². The quantitative estimate of drug-likeness (QED) is 0.673. The molecule has 102 valence electrons. The van der Waals surface area contributed by atoms with Crippen LogP contribution in [0.25, 0.3) is 0 Å². The van der Waals surface area contributed by atoms with Crippen LogP contribution in [-0.2, 0) is 12.1 Å². The fourth-order valence-corrected chi connectivity index (χ4v) is 1.39. The number of ether oxygens (including phenoxy) is 1. The van der Waals surface area contributed by atoms with Crippen LogP contribution in [0, 0.1) is 0 Å². The number of rotatable bonds is 2. The molecule has 10 heteroatoms. The first-order valence-electron chi connectivity index (χ1n) is 4.19. The smallest absolute Gasteiger partial charge is 0.399 e. The molecule has 0 aliphatic carbocycles. The number of aromatic nitrogens is 1. The Labute approximate surface area is 100 Å². The molecule has 0 radical (unpaired) electrons. The molecule has 0 amide bonds. The Hall–Kier alpha value is -1.38. The molecule has 0 saturated carbocycles. The third-order valence-electron chi connectivity index (χ3n) is 1.78. The average Bonchev–Trinajstić information content (AvgIpc) is 2.17. The number of nitrogens with one attached hydrogen (secondary N) is 1. The molecule has 3 nitrogen and oxygen atoms in total. The monoisotopic (exact) mass is 295 g/mol. The highest BCUT2D eigenvalue weighted by Gasteiger charge is 2.42. The SMILES string of the molecule is O=c1[nH]cc(CCl)c(C(F)(F)F)c1OC(F)(F)F. The van der Waals surface area contributed by atoms with Crippen molar-refractivity contribution in [1.82, 2.24) is 4.98 Å². The van der Waals surface area contributed by atoms with Crippen LogP contribution in [0.1, 0.15) is 11.1 Å². The minimum absolute atomic E-state index is 0.585. The van der Waals surface area contributed by atoms with Crippen molar-refractivity contribution >= 4 is 11.6 Å². The van der Waals surface area contributed by atoms with Crippen molar-refractivity contribution in [2.75, 3.05) is 0 Å². The van der Waals surface area contributed by atoms with Gasteiger partial charge in [-0.25, -0.2) is 0 Å². The molecule has 0 aliphatic heterocycles. The van der Waals surface area contributed by atoms with Crippen LogP contribution in [0.15, 0.2) is 11.0 Å². The van der Waals surface area contributed by atoms with Crippen LogP contribution < -0.4 is 10.3 Å². The van der Waals surface area contributed by atoms with Gasteiger partial charge in [0, 0.05) is 12.1 Å². The molecule has 18 heavy (non-hydrogen) atoms. The third-order valence-corrected chi connectivity index (χ3v) is 2.07. The van der Waals surface area contributed by atoms with Crippen LogP contribution in [-0.4, -0.2) is 11.3 Å². The molecule has 0 bridgehead atoms. The largest absolute Gasteiger partial charge is 0.573 e. The van der Waals surface area contributed by atoms with Crippen molar-refractivity contribution in [2.24, 2.45) is 0 Å². The predicted molar refractivity (Wildman–Crippen MR) is 48.3 cm³/mol. The van der Waals surface area contributed by atoms with Crippen molar-refractivity contribution in [3.8, 4) is 5.75 Å². The summed E-state index contributed by atoms with van der Waals surface area (Å²) < 4.78 is 76.7. The average molecular weight is 296 g/mol. The number of H-pyrrole nitrogens is 1. The van der Waals surface area contributed by atoms with Gasteiger partial charge in [0.2, 0.25) is 5.75 Å². The molecule has 0 spiro atoms. The molecule has 0 aliphatic rings. The summed E-state index contributed by atoms with van der Waals surface area (Å²) in [7, 11) is 0. The van der Waals surface area contributed by atoms with Crippen molar-refractivity contribution in [1.29, 1.82) is 0 Å². The van der Waals surface area contributed by atoms with E-state index in [0.29, 0.717) is 6.20 Å². The number of hydrogen-bond donors (Lipinski definition) is 1. The summed E-state index contributed by atoms with van der Waals surface area (Å²) in [4.78, 5) is 12.7. The second kappa shape index (κ2) is 4.71. The van der Waals surface area contributed by atoms with E-state index in [2.05, 4.69) is 4.74 Å². The van der Waals surface area contributed by atoms with E-state index in [1.807, 2.05) is 0 Å². The van der Waals surface area contributed by atoms with Crippen LogP contribution >= 0.6 is 11.6 Å². The summed E-state index contributed by atoms with van der Waals surface area (Å²) in [6, 6.07) is 0. The van der Waals surface area contributed by atoms with Crippen molar-refractivity contribution < 1.29 is 31.1 Å². The highest BCUT2D eigenvalue weighted by molar-refractivity contribution is 6.17. The molecule has 0 aromatic carbocycles. The Morgan fingerprint density at radius 1 is 1.22 bits per heavy atom. The van der Waals surface area contributed by atoms with Gasteiger partial charge in [-0.3, -0.25) is 4.79 Å². The molecule has 1 rings (SSSR count). The lowest BCUT2D eigenvalue weighted by atomic mass is 10.1. The lowest BCUT2D eigenvalue weighted by Gasteiger charge is -2.16. The molecule has 1 aromatic heterocycles. The van der Waals surface area contributed by atoms with Gasteiger partial charge in [-0.15, -0.1) is 24.8 Å². The normalized spacial score (nSPS) is 12.6. The minimum Gasteiger partial charge on any atom is -0.399 e. The van der Waals surface area contributed by atoms with Crippen molar-refractivity contribution in [2.45, 2.75) is 18.4 Å². The predicted octanol–water partition coefficient (Wildman–Crippen LogP) is 3.03. The fourth-order valence-electron chi connectivity index (χ4n) is 1.18. The summed E-state index contributed by atoms with van der Waals surface area (Å²) in [5.41, 5.74) is -4.20. The second-order valence-corrected chi connectivity index (χ2v) is 3.29. The Kier molecular flexibility index (Phi) is 3.84. The number of alkyl halides is 7. The third kappa shape index (κ3) is 3.31. The van der Waals surface area contributed by atoms with E-state index in [0.717, 1.165) is 0 Å². The zero-order valence-electron chi connectivity index (χ0n) is 8.25. The number of pyridine rings is 1. The molecular weight excluding hydrogens is 292 g/mol. The first-order chi connectivity index (χ1) is 8.06. The van der Waals surface area contributed by atoms with Crippen LogP contribution in [0.3, 0.4) is 0 Å². The maximum atomic E-state index is 12.6. The van der Waals surface area contributed by atoms with Gasteiger partial charge in [0.15, 0.2) is 0 Å². The zero-order chi connectivity index (χ0) is 14.1. The van der Waals surface area contributed by atoms with Crippen LogP contribution in [0.2, 0.25) is 0 Å². The first kappa shape index (κ1) is 14.7. The van der Waals surface area contributed by atoms with Gasteiger partial charge >= 0.3 is 12.5 Å². The molecule has 0 saturated heterocycles. The molecular formula is C8H4ClF6NO2. The zero-order valence-corrected chi connectivity index (χ0v) is 9.00. The molecule has 0 unspecified atom stereocenters. The van der Waals surface area contributed by atoms with Crippen LogP contribution in [0.4, 0.5) is 26.3 Å². The highest BCUT2D eigenvalue weighted by atomic mass is 35.5. The Morgan fingerprint density at radius 3 is 2.17 bits per heavy atom. The molecule has 1 aromatic rings.